The van der Waals surface area contributed by atoms with Gasteiger partial charge in [-0.3, -0.25) is 4.39 Å². The zero-order chi connectivity index (χ0) is 9.07. The second-order valence-electron chi connectivity index (χ2n) is 3.52. The summed E-state index contributed by atoms with van der Waals surface area (Å²) in [7, 11) is 0. The van der Waals surface area contributed by atoms with Crippen LogP contribution in [0.15, 0.2) is 0 Å². The van der Waals surface area contributed by atoms with Gasteiger partial charge in [-0.15, -0.1) is 0 Å². The number of alkyl halides is 1. The average molecular weight is 191 g/mol. The van der Waals surface area contributed by atoms with Gasteiger partial charge in [-0.05, 0) is 6.42 Å². The van der Waals surface area contributed by atoms with Gasteiger partial charge in [0.15, 0.2) is 0 Å². The highest BCUT2D eigenvalue weighted by atomic mass is 19.1. The van der Waals surface area contributed by atoms with E-state index in [2.05, 4.69) is 6.92 Å². The van der Waals surface area contributed by atoms with Crippen molar-refractivity contribution in [3.8, 4) is 0 Å². The SMILES string of the molecule is CCCCCCCCCCCF.N. The topological polar surface area (TPSA) is 35.0 Å². The van der Waals surface area contributed by atoms with Crippen LogP contribution in [0.25, 0.3) is 0 Å². The summed E-state index contributed by atoms with van der Waals surface area (Å²) in [5, 5.41) is 0. The second-order valence-corrected chi connectivity index (χ2v) is 3.52. The van der Waals surface area contributed by atoms with E-state index in [-0.39, 0.29) is 12.8 Å². The third-order valence-electron chi connectivity index (χ3n) is 2.24. The third-order valence-corrected chi connectivity index (χ3v) is 2.24. The van der Waals surface area contributed by atoms with Crippen LogP contribution in [-0.4, -0.2) is 6.67 Å². The first-order chi connectivity index (χ1) is 5.91. The molecule has 0 spiro atoms. The standard InChI is InChI=1S/C11H23F.H3N/c1-2-3-4-5-6-7-8-9-10-11-12;/h2-11H2,1H3;1H3. The lowest BCUT2D eigenvalue weighted by Gasteiger charge is -1.99. The van der Waals surface area contributed by atoms with E-state index in [0.29, 0.717) is 0 Å². The minimum absolute atomic E-state index is 0. The van der Waals surface area contributed by atoms with Crippen molar-refractivity contribution in [2.75, 3.05) is 6.67 Å². The largest absolute Gasteiger partial charge is 0.344 e. The fourth-order valence-electron chi connectivity index (χ4n) is 1.41. The van der Waals surface area contributed by atoms with Crippen molar-refractivity contribution in [3.63, 3.8) is 0 Å². The number of halogens is 1. The summed E-state index contributed by atoms with van der Waals surface area (Å²) in [4.78, 5) is 0. The number of unbranched alkanes of at least 4 members (excludes halogenated alkanes) is 8. The molecule has 0 aromatic heterocycles. The molecule has 0 heterocycles. The molecule has 0 unspecified atom stereocenters. The van der Waals surface area contributed by atoms with E-state index in [0.717, 1.165) is 12.8 Å². The van der Waals surface area contributed by atoms with Gasteiger partial charge in [0.2, 0.25) is 0 Å². The maximum absolute atomic E-state index is 11.7. The van der Waals surface area contributed by atoms with Crippen LogP contribution in [0, 0.1) is 0 Å². The highest BCUT2D eigenvalue weighted by Gasteiger charge is 1.90. The summed E-state index contributed by atoms with van der Waals surface area (Å²) < 4.78 is 11.7. The van der Waals surface area contributed by atoms with Crippen molar-refractivity contribution in [1.29, 1.82) is 0 Å². The molecule has 3 N–H and O–H groups in total. The smallest absolute Gasteiger partial charge is 0.0894 e. The molecule has 0 aromatic carbocycles. The Morgan fingerprint density at radius 1 is 0.692 bits per heavy atom. The van der Waals surface area contributed by atoms with Crippen molar-refractivity contribution in [2.45, 2.75) is 64.7 Å². The predicted molar refractivity (Wildman–Crippen MR) is 58.2 cm³/mol. The van der Waals surface area contributed by atoms with Gasteiger partial charge >= 0.3 is 0 Å². The molecule has 0 saturated heterocycles. The molecule has 0 saturated carbocycles. The molecule has 1 nitrogen and oxygen atoms in total. The van der Waals surface area contributed by atoms with Crippen LogP contribution in [0.4, 0.5) is 4.39 Å². The molecule has 0 aromatic rings. The lowest BCUT2D eigenvalue weighted by molar-refractivity contribution is 0.449. The van der Waals surface area contributed by atoms with Gasteiger partial charge in [-0.25, -0.2) is 0 Å². The minimum atomic E-state index is -0.129. The number of rotatable bonds is 9. The van der Waals surface area contributed by atoms with Gasteiger partial charge in [0.25, 0.3) is 0 Å². The fourth-order valence-corrected chi connectivity index (χ4v) is 1.41. The molecule has 0 rings (SSSR count). The van der Waals surface area contributed by atoms with E-state index < -0.39 is 0 Å². The Morgan fingerprint density at radius 3 is 1.46 bits per heavy atom. The molecule has 0 aliphatic rings. The monoisotopic (exact) mass is 191 g/mol. The molecule has 0 atom stereocenters. The van der Waals surface area contributed by atoms with E-state index in [1.54, 1.807) is 0 Å². The maximum atomic E-state index is 11.7. The minimum Gasteiger partial charge on any atom is -0.344 e. The Kier molecular flexibility index (Phi) is 17.0. The highest BCUT2D eigenvalue weighted by Crippen LogP contribution is 2.09. The summed E-state index contributed by atoms with van der Waals surface area (Å²) in [6, 6.07) is 0. The van der Waals surface area contributed by atoms with Crippen molar-refractivity contribution >= 4 is 0 Å². The zero-order valence-electron chi connectivity index (χ0n) is 9.16. The van der Waals surface area contributed by atoms with Crippen LogP contribution in [-0.2, 0) is 0 Å². The van der Waals surface area contributed by atoms with Crippen LogP contribution in [0.2, 0.25) is 0 Å². The third kappa shape index (κ3) is 14.7. The van der Waals surface area contributed by atoms with Crippen LogP contribution >= 0.6 is 0 Å². The maximum Gasteiger partial charge on any atom is 0.0894 e. The number of hydrogen-bond donors (Lipinski definition) is 1. The van der Waals surface area contributed by atoms with Crippen LogP contribution in [0.3, 0.4) is 0 Å². The molecule has 0 aliphatic carbocycles. The van der Waals surface area contributed by atoms with Crippen LogP contribution in [0.1, 0.15) is 64.7 Å². The first-order valence-corrected chi connectivity index (χ1v) is 5.47. The van der Waals surface area contributed by atoms with Gasteiger partial charge < -0.3 is 6.15 Å². The Morgan fingerprint density at radius 2 is 1.08 bits per heavy atom. The molecule has 0 fully saturated rings. The lowest BCUT2D eigenvalue weighted by atomic mass is 10.1. The van der Waals surface area contributed by atoms with Gasteiger partial charge in [0.1, 0.15) is 0 Å². The first-order valence-electron chi connectivity index (χ1n) is 5.47. The normalized spacial score (nSPS) is 9.69. The Labute approximate surface area is 82.7 Å². The molecular weight excluding hydrogens is 165 g/mol. The summed E-state index contributed by atoms with van der Waals surface area (Å²) >= 11 is 0. The Bertz CT molecular complexity index is 66.5. The van der Waals surface area contributed by atoms with E-state index >= 15 is 0 Å². The fraction of sp³-hybridized carbons (Fsp3) is 1.00. The molecule has 13 heavy (non-hydrogen) atoms. The molecular formula is C11H26FN. The summed E-state index contributed by atoms with van der Waals surface area (Å²) in [5.41, 5.74) is 0. The van der Waals surface area contributed by atoms with Gasteiger partial charge in [0, 0.05) is 0 Å². The van der Waals surface area contributed by atoms with Crippen molar-refractivity contribution < 1.29 is 4.39 Å². The van der Waals surface area contributed by atoms with Crippen LogP contribution in [0.5, 0.6) is 0 Å². The van der Waals surface area contributed by atoms with Crippen molar-refractivity contribution in [2.24, 2.45) is 0 Å². The molecule has 0 amide bonds. The van der Waals surface area contributed by atoms with Crippen molar-refractivity contribution in [1.82, 2.24) is 6.15 Å². The summed E-state index contributed by atoms with van der Waals surface area (Å²) in [6.45, 7) is 2.11. The van der Waals surface area contributed by atoms with Gasteiger partial charge in [0.05, 0.1) is 6.67 Å². The predicted octanol–water partition coefficient (Wildman–Crippen LogP) is 4.65. The summed E-state index contributed by atoms with van der Waals surface area (Å²) in [5.74, 6) is 0. The zero-order valence-corrected chi connectivity index (χ0v) is 9.16. The quantitative estimate of drug-likeness (QED) is 0.529. The number of hydrogen-bond acceptors (Lipinski definition) is 1. The van der Waals surface area contributed by atoms with E-state index in [1.807, 2.05) is 0 Å². The molecule has 2 heteroatoms. The van der Waals surface area contributed by atoms with Gasteiger partial charge in [-0.2, -0.15) is 0 Å². The highest BCUT2D eigenvalue weighted by molar-refractivity contribution is 4.45. The first kappa shape index (κ1) is 15.4. The van der Waals surface area contributed by atoms with Crippen molar-refractivity contribution in [3.05, 3.63) is 0 Å². The molecule has 82 valence electrons. The molecule has 0 bridgehead atoms. The van der Waals surface area contributed by atoms with Crippen LogP contribution < -0.4 is 6.15 Å². The second kappa shape index (κ2) is 14.4. The lowest BCUT2D eigenvalue weighted by Crippen LogP contribution is -1.81. The van der Waals surface area contributed by atoms with E-state index in [9.17, 15) is 4.39 Å². The molecule has 0 radical (unpaired) electrons. The van der Waals surface area contributed by atoms with E-state index in [1.165, 1.54) is 44.9 Å². The Balaban J connectivity index is 0. The summed E-state index contributed by atoms with van der Waals surface area (Å²) in [6.07, 6.45) is 11.2. The average Bonchev–Trinajstić information content (AvgIpc) is 2.10. The van der Waals surface area contributed by atoms with Gasteiger partial charge in [-0.1, -0.05) is 58.3 Å². The molecule has 0 aliphatic heterocycles. The van der Waals surface area contributed by atoms with E-state index in [4.69, 9.17) is 0 Å². The Hall–Kier alpha value is -0.110.